The average molecular weight is 285 g/mol. The fourth-order valence-corrected chi connectivity index (χ4v) is 4.99. The van der Waals surface area contributed by atoms with Gasteiger partial charge in [-0.3, -0.25) is 6.08 Å². The fraction of sp³-hybridized carbons (Fsp3) is 0.714. The van der Waals surface area contributed by atoms with Gasteiger partial charge in [-0.2, -0.15) is 6.08 Å². The molecule has 3 heteroatoms. The minimum Gasteiger partial charge on any atom is -0.413 e. The van der Waals surface area contributed by atoms with E-state index in [1.54, 1.807) is 0 Å². The van der Waals surface area contributed by atoms with Gasteiger partial charge in [0.25, 0.3) is 0 Å². The third-order valence-electron chi connectivity index (χ3n) is 2.57. The van der Waals surface area contributed by atoms with E-state index in [1.165, 1.54) is 24.5 Å². The Balaban J connectivity index is 0.00000256. The maximum absolute atomic E-state index is 6.18. The second-order valence-electron chi connectivity index (χ2n) is 6.14. The van der Waals surface area contributed by atoms with Gasteiger partial charge in [-0.15, -0.1) is 6.42 Å². The monoisotopic (exact) mass is 285 g/mol. The van der Waals surface area contributed by atoms with E-state index in [9.17, 15) is 0 Å². The largest absolute Gasteiger partial charge is 0.413 e. The van der Waals surface area contributed by atoms with Gasteiger partial charge < -0.3 is 4.43 Å². The van der Waals surface area contributed by atoms with Crippen molar-refractivity contribution in [2.75, 3.05) is 0 Å². The molecule has 17 heavy (non-hydrogen) atoms. The van der Waals surface area contributed by atoms with Crippen LogP contribution in [0.3, 0.4) is 0 Å². The first kappa shape index (κ1) is 17.4. The van der Waals surface area contributed by atoms with Gasteiger partial charge in [0.1, 0.15) is 0 Å². The van der Waals surface area contributed by atoms with Crippen LogP contribution in [0.5, 0.6) is 0 Å². The Hall–Kier alpha value is 0.371. The van der Waals surface area contributed by atoms with Crippen molar-refractivity contribution in [3.05, 3.63) is 23.8 Å². The third kappa shape index (κ3) is 8.15. The van der Waals surface area contributed by atoms with E-state index in [2.05, 4.69) is 52.1 Å². The molecule has 0 radical (unpaired) electrons. The van der Waals surface area contributed by atoms with Crippen LogP contribution in [0.25, 0.3) is 0 Å². The van der Waals surface area contributed by atoms with Gasteiger partial charge in [-0.25, -0.2) is 11.6 Å². The molecule has 0 spiro atoms. The average Bonchev–Trinajstić information content (AvgIpc) is 2.51. The molecule has 1 nitrogen and oxygen atoms in total. The van der Waals surface area contributed by atoms with Crippen LogP contribution in [0.1, 0.15) is 40.0 Å². The Bertz CT molecular complexity index is 287. The second kappa shape index (κ2) is 7.08. The molecule has 0 saturated heterocycles. The minimum atomic E-state index is -1.48. The molecule has 0 aromatic carbocycles. The van der Waals surface area contributed by atoms with Crippen LogP contribution in [0, 0.1) is 6.08 Å². The molecule has 0 fully saturated rings. The van der Waals surface area contributed by atoms with Crippen molar-refractivity contribution >= 4 is 8.32 Å². The van der Waals surface area contributed by atoms with Gasteiger partial charge in [-0.05, 0) is 39.9 Å². The Morgan fingerprint density at radius 2 is 2.00 bits per heavy atom. The van der Waals surface area contributed by atoms with E-state index in [-0.39, 0.29) is 27.3 Å². The van der Waals surface area contributed by atoms with E-state index in [4.69, 9.17) is 4.43 Å². The number of hydrogen-bond acceptors (Lipinski definition) is 1. The Morgan fingerprint density at radius 1 is 1.35 bits per heavy atom. The van der Waals surface area contributed by atoms with E-state index >= 15 is 0 Å². The quantitative estimate of drug-likeness (QED) is 0.535. The van der Waals surface area contributed by atoms with Gasteiger partial charge >= 0.3 is 0 Å². The van der Waals surface area contributed by atoms with Crippen molar-refractivity contribution in [3.8, 4) is 0 Å². The van der Waals surface area contributed by atoms with Crippen molar-refractivity contribution in [1.82, 2.24) is 0 Å². The summed E-state index contributed by atoms with van der Waals surface area (Å²) in [4.78, 5) is 0. The van der Waals surface area contributed by atoms with Crippen LogP contribution in [-0.4, -0.2) is 13.9 Å². The summed E-state index contributed by atoms with van der Waals surface area (Å²) in [6.45, 7) is 11.1. The molecule has 0 amide bonds. The summed E-state index contributed by atoms with van der Waals surface area (Å²) in [7, 11) is -1.48. The molecule has 0 saturated carbocycles. The standard InChI is InChI=1S/C14H25OSi.Ti/c1-14(2,3)15-16(4,5)12-8-11-13-9-6-7-10-13;/h6,9H,7-8,11-12H2,1-5H3;/q-1;. The first-order valence-electron chi connectivity index (χ1n) is 6.25. The van der Waals surface area contributed by atoms with Crippen molar-refractivity contribution in [1.29, 1.82) is 0 Å². The summed E-state index contributed by atoms with van der Waals surface area (Å²) in [6, 6.07) is 1.24. The molecule has 1 rings (SSSR count). The van der Waals surface area contributed by atoms with E-state index < -0.39 is 8.32 Å². The molecule has 0 atom stereocenters. The molecule has 0 aromatic rings. The summed E-state index contributed by atoms with van der Waals surface area (Å²) in [5, 5.41) is 0. The van der Waals surface area contributed by atoms with Crippen LogP contribution in [-0.2, 0) is 26.1 Å². The van der Waals surface area contributed by atoms with Crippen LogP contribution < -0.4 is 0 Å². The van der Waals surface area contributed by atoms with Crippen LogP contribution in [0.4, 0.5) is 0 Å². The summed E-state index contributed by atoms with van der Waals surface area (Å²) < 4.78 is 6.18. The molecule has 1 aliphatic rings. The Morgan fingerprint density at radius 3 is 2.47 bits per heavy atom. The minimum absolute atomic E-state index is 0. The molecule has 0 aromatic heterocycles. The normalized spacial score (nSPS) is 15.7. The van der Waals surface area contributed by atoms with E-state index in [0.29, 0.717) is 0 Å². The van der Waals surface area contributed by atoms with Gasteiger partial charge in [0, 0.05) is 27.3 Å². The second-order valence-corrected chi connectivity index (χ2v) is 10.4. The molecule has 0 bridgehead atoms. The van der Waals surface area contributed by atoms with Gasteiger partial charge in [0.15, 0.2) is 8.32 Å². The van der Waals surface area contributed by atoms with Crippen molar-refractivity contribution in [2.24, 2.45) is 0 Å². The summed E-state index contributed by atoms with van der Waals surface area (Å²) in [6.07, 6.45) is 11.2. The maximum Gasteiger partial charge on any atom is 0.187 e. The summed E-state index contributed by atoms with van der Waals surface area (Å²) in [5.41, 5.74) is 1.40. The molecule has 1 aliphatic carbocycles. The topological polar surface area (TPSA) is 9.23 Å². The number of hydrogen-bond donors (Lipinski definition) is 0. The van der Waals surface area contributed by atoms with Crippen molar-refractivity contribution < 1.29 is 26.1 Å². The van der Waals surface area contributed by atoms with Gasteiger partial charge in [0.2, 0.25) is 0 Å². The van der Waals surface area contributed by atoms with Gasteiger partial charge in [-0.1, -0.05) is 12.8 Å². The zero-order valence-corrected chi connectivity index (χ0v) is 14.5. The van der Waals surface area contributed by atoms with Crippen LogP contribution >= 0.6 is 0 Å². The van der Waals surface area contributed by atoms with Gasteiger partial charge in [0.05, 0.1) is 0 Å². The fourth-order valence-electron chi connectivity index (χ4n) is 2.21. The molecule has 0 aliphatic heterocycles. The number of allylic oxidation sites excluding steroid dienone is 4. The zero-order chi connectivity index (χ0) is 12.2. The van der Waals surface area contributed by atoms with Crippen LogP contribution in [0.2, 0.25) is 19.1 Å². The Labute approximate surface area is 123 Å². The molecule has 0 heterocycles. The third-order valence-corrected chi connectivity index (χ3v) is 5.30. The molecular weight excluding hydrogens is 260 g/mol. The van der Waals surface area contributed by atoms with Crippen molar-refractivity contribution in [3.63, 3.8) is 0 Å². The van der Waals surface area contributed by atoms with E-state index in [1.807, 2.05) is 0 Å². The molecule has 0 unspecified atom stereocenters. The SMILES string of the molecule is CC(C)(C)O[Si](C)(C)CCCC1=[C-]CC=C1.[Ti]. The Kier molecular flexibility index (Phi) is 7.24. The van der Waals surface area contributed by atoms with Crippen molar-refractivity contribution in [2.45, 2.75) is 64.8 Å². The maximum atomic E-state index is 6.18. The summed E-state index contributed by atoms with van der Waals surface area (Å²) >= 11 is 0. The number of rotatable bonds is 5. The molecule has 96 valence electrons. The predicted molar refractivity (Wildman–Crippen MR) is 72.9 cm³/mol. The summed E-state index contributed by atoms with van der Waals surface area (Å²) in [5.74, 6) is 0. The molecule has 0 N–H and O–H groups in total. The smallest absolute Gasteiger partial charge is 0.187 e. The van der Waals surface area contributed by atoms with E-state index in [0.717, 1.165) is 6.42 Å². The predicted octanol–water partition coefficient (Wildman–Crippen LogP) is 4.47. The first-order valence-corrected chi connectivity index (χ1v) is 9.36. The first-order chi connectivity index (χ1) is 7.29. The van der Waals surface area contributed by atoms with Crippen LogP contribution in [0.15, 0.2) is 17.7 Å². The molecular formula is C14H25OSiTi-. The zero-order valence-electron chi connectivity index (χ0n) is 11.9.